The van der Waals surface area contributed by atoms with Crippen LogP contribution in [0.3, 0.4) is 0 Å². The highest BCUT2D eigenvalue weighted by Gasteiger charge is 2.41. The fourth-order valence-electron chi connectivity index (χ4n) is 2.02. The molecule has 1 aliphatic carbocycles. The molecule has 0 spiro atoms. The van der Waals surface area contributed by atoms with Crippen LogP contribution in [-0.2, 0) is 19.3 Å². The zero-order chi connectivity index (χ0) is 15.5. The van der Waals surface area contributed by atoms with Crippen molar-refractivity contribution < 1.29 is 17.9 Å². The first kappa shape index (κ1) is 16.5. The minimum absolute atomic E-state index is 0.0988. The molecule has 0 atom stereocenters. The van der Waals surface area contributed by atoms with Crippen molar-refractivity contribution in [3.63, 3.8) is 0 Å². The highest BCUT2D eigenvalue weighted by atomic mass is 32.2. The number of nitrogens with two attached hydrogens (primary N) is 1. The van der Waals surface area contributed by atoms with E-state index in [0.29, 0.717) is 44.1 Å². The minimum atomic E-state index is -3.38. The quantitative estimate of drug-likeness (QED) is 0.712. The van der Waals surface area contributed by atoms with Crippen LogP contribution >= 0.6 is 11.5 Å². The molecule has 9 heteroatoms. The van der Waals surface area contributed by atoms with Gasteiger partial charge >= 0.3 is 0 Å². The minimum Gasteiger partial charge on any atom is -0.383 e. The molecule has 0 unspecified atom stereocenters. The molecule has 7 nitrogen and oxygen atoms in total. The van der Waals surface area contributed by atoms with Gasteiger partial charge in [0, 0.05) is 27.3 Å². The predicted molar refractivity (Wildman–Crippen MR) is 82.7 cm³/mol. The van der Waals surface area contributed by atoms with Crippen molar-refractivity contribution in [2.24, 2.45) is 0 Å². The molecular formula is C12H21N3O4S2. The second kappa shape index (κ2) is 6.91. The van der Waals surface area contributed by atoms with Crippen LogP contribution in [0, 0.1) is 0 Å². The number of methoxy groups -OCH3 is 2. The van der Waals surface area contributed by atoms with Crippen LogP contribution in [0.1, 0.15) is 12.8 Å². The Balaban J connectivity index is 2.31. The Hall–Kier alpha value is -0.900. The molecule has 1 aliphatic rings. The Morgan fingerprint density at radius 3 is 2.33 bits per heavy atom. The van der Waals surface area contributed by atoms with Crippen LogP contribution in [0.25, 0.3) is 0 Å². The third kappa shape index (κ3) is 3.65. The average Bonchev–Trinajstić information content (AvgIpc) is 3.23. The maximum atomic E-state index is 12.5. The van der Waals surface area contributed by atoms with Crippen molar-refractivity contribution >= 4 is 32.2 Å². The molecule has 0 saturated heterocycles. The zero-order valence-electron chi connectivity index (χ0n) is 12.2. The Morgan fingerprint density at radius 1 is 1.29 bits per heavy atom. The van der Waals surface area contributed by atoms with Crippen LogP contribution < -0.4 is 10.6 Å². The maximum absolute atomic E-state index is 12.5. The van der Waals surface area contributed by atoms with Crippen LogP contribution in [0.15, 0.2) is 4.90 Å². The summed E-state index contributed by atoms with van der Waals surface area (Å²) in [5, 5.41) is 0.287. The standard InChI is InChI=1S/C12H21N3O4S2/c1-18-7-5-15(6-8-19-2)12-10(11(13)14-20-12)21(16,17)9-3-4-9/h9H,3-8H2,1-2H3,(H2,13,14). The fraction of sp³-hybridized carbons (Fsp3) is 0.750. The zero-order valence-corrected chi connectivity index (χ0v) is 13.9. The summed E-state index contributed by atoms with van der Waals surface area (Å²) in [6, 6.07) is 0. The number of ether oxygens (including phenoxy) is 2. The molecule has 0 aromatic carbocycles. The highest BCUT2D eigenvalue weighted by Crippen LogP contribution is 2.42. The van der Waals surface area contributed by atoms with Crippen molar-refractivity contribution in [3.05, 3.63) is 0 Å². The number of aromatic nitrogens is 1. The number of hydrogen-bond acceptors (Lipinski definition) is 8. The molecular weight excluding hydrogens is 314 g/mol. The number of sulfone groups is 1. The first-order valence-corrected chi connectivity index (χ1v) is 9.06. The van der Waals surface area contributed by atoms with Crippen molar-refractivity contribution in [1.82, 2.24) is 4.37 Å². The second-order valence-electron chi connectivity index (χ2n) is 4.92. The van der Waals surface area contributed by atoms with Gasteiger partial charge in [0.25, 0.3) is 0 Å². The number of rotatable bonds is 9. The first-order chi connectivity index (χ1) is 10.0. The van der Waals surface area contributed by atoms with Gasteiger partial charge in [0.1, 0.15) is 9.90 Å². The van der Waals surface area contributed by atoms with Crippen molar-refractivity contribution in [3.8, 4) is 0 Å². The Bertz CT molecular complexity index is 561. The Kier molecular flexibility index (Phi) is 5.42. The van der Waals surface area contributed by atoms with Crippen molar-refractivity contribution in [2.75, 3.05) is 51.2 Å². The lowest BCUT2D eigenvalue weighted by Crippen LogP contribution is -2.31. The molecule has 1 aromatic heterocycles. The monoisotopic (exact) mass is 335 g/mol. The van der Waals surface area contributed by atoms with Crippen molar-refractivity contribution in [1.29, 1.82) is 0 Å². The summed E-state index contributed by atoms with van der Waals surface area (Å²) in [5.41, 5.74) is 5.82. The lowest BCUT2D eigenvalue weighted by molar-refractivity contribution is 0.190. The summed E-state index contributed by atoms with van der Waals surface area (Å²) in [7, 11) is -0.162. The Morgan fingerprint density at radius 2 is 1.86 bits per heavy atom. The molecule has 1 aromatic rings. The van der Waals surface area contributed by atoms with E-state index >= 15 is 0 Å². The van der Waals surface area contributed by atoms with Gasteiger partial charge in [0.05, 0.1) is 18.5 Å². The van der Waals surface area contributed by atoms with Gasteiger partial charge in [-0.25, -0.2) is 8.42 Å². The summed E-state index contributed by atoms with van der Waals surface area (Å²) in [6.07, 6.45) is 1.40. The van der Waals surface area contributed by atoms with E-state index in [-0.39, 0.29) is 16.0 Å². The smallest absolute Gasteiger partial charge is 0.187 e. The number of hydrogen-bond donors (Lipinski definition) is 1. The van der Waals surface area contributed by atoms with E-state index in [4.69, 9.17) is 15.2 Å². The molecule has 0 bridgehead atoms. The van der Waals surface area contributed by atoms with Crippen LogP contribution in [0.2, 0.25) is 0 Å². The summed E-state index contributed by atoms with van der Waals surface area (Å²) in [6.45, 7) is 2.11. The number of nitrogens with zero attached hydrogens (tertiary/aromatic N) is 2. The molecule has 1 heterocycles. The predicted octanol–water partition coefficient (Wildman–Crippen LogP) is 0.761. The molecule has 0 radical (unpaired) electrons. The summed E-state index contributed by atoms with van der Waals surface area (Å²) in [4.78, 5) is 2.10. The summed E-state index contributed by atoms with van der Waals surface area (Å²) in [5.74, 6) is 0.0988. The molecule has 120 valence electrons. The van der Waals surface area contributed by atoms with Gasteiger partial charge in [-0.1, -0.05) is 0 Å². The van der Waals surface area contributed by atoms with Crippen molar-refractivity contribution in [2.45, 2.75) is 23.0 Å². The Labute approximate surface area is 129 Å². The lowest BCUT2D eigenvalue weighted by Gasteiger charge is -2.23. The van der Waals surface area contributed by atoms with Crippen LogP contribution in [-0.4, -0.2) is 58.6 Å². The van der Waals surface area contributed by atoms with Gasteiger partial charge < -0.3 is 20.1 Å². The van der Waals surface area contributed by atoms with E-state index in [2.05, 4.69) is 4.37 Å². The number of anilines is 2. The van der Waals surface area contributed by atoms with E-state index in [1.165, 1.54) is 0 Å². The normalized spacial score (nSPS) is 15.3. The van der Waals surface area contributed by atoms with Crippen LogP contribution in [0.4, 0.5) is 10.8 Å². The van der Waals surface area contributed by atoms with E-state index in [9.17, 15) is 8.42 Å². The molecule has 0 amide bonds. The van der Waals surface area contributed by atoms with E-state index < -0.39 is 9.84 Å². The third-order valence-electron chi connectivity index (χ3n) is 3.32. The summed E-state index contributed by atoms with van der Waals surface area (Å²) < 4.78 is 39.3. The second-order valence-corrected chi connectivity index (χ2v) is 7.84. The third-order valence-corrected chi connectivity index (χ3v) is 6.70. The molecule has 1 fully saturated rings. The first-order valence-electron chi connectivity index (χ1n) is 6.74. The number of nitrogen functional groups attached to an aromatic ring is 1. The van der Waals surface area contributed by atoms with Crippen LogP contribution in [0.5, 0.6) is 0 Å². The van der Waals surface area contributed by atoms with Gasteiger partial charge in [0.2, 0.25) is 0 Å². The molecule has 1 saturated carbocycles. The largest absolute Gasteiger partial charge is 0.383 e. The van der Waals surface area contributed by atoms with Gasteiger partial charge in [-0.15, -0.1) is 0 Å². The van der Waals surface area contributed by atoms with E-state index in [1.54, 1.807) is 14.2 Å². The highest BCUT2D eigenvalue weighted by molar-refractivity contribution is 7.92. The molecule has 21 heavy (non-hydrogen) atoms. The van der Waals surface area contributed by atoms with Gasteiger partial charge in [0.15, 0.2) is 15.7 Å². The maximum Gasteiger partial charge on any atom is 0.187 e. The van der Waals surface area contributed by atoms with E-state index in [1.807, 2.05) is 4.90 Å². The SMILES string of the molecule is COCCN(CCOC)c1snc(N)c1S(=O)(=O)C1CC1. The van der Waals surface area contributed by atoms with Gasteiger partial charge in [-0.3, -0.25) is 0 Å². The van der Waals surface area contributed by atoms with Gasteiger partial charge in [-0.05, 0) is 24.4 Å². The van der Waals surface area contributed by atoms with E-state index in [0.717, 1.165) is 11.5 Å². The lowest BCUT2D eigenvalue weighted by atomic mass is 10.4. The fourth-order valence-corrected chi connectivity index (χ4v) is 5.10. The molecule has 0 aliphatic heterocycles. The summed E-state index contributed by atoms with van der Waals surface area (Å²) >= 11 is 1.12. The molecule has 2 N–H and O–H groups in total. The van der Waals surface area contributed by atoms with Gasteiger partial charge in [-0.2, -0.15) is 4.37 Å². The average molecular weight is 335 g/mol. The molecule has 2 rings (SSSR count). The topological polar surface area (TPSA) is 94.8 Å².